The zero-order valence-corrected chi connectivity index (χ0v) is 14.6. The van der Waals surface area contributed by atoms with Crippen LogP contribution in [0.15, 0.2) is 49.6 Å². The Bertz CT molecular complexity index is 601. The summed E-state index contributed by atoms with van der Waals surface area (Å²) in [6, 6.07) is 4.48. The van der Waals surface area contributed by atoms with Crippen LogP contribution in [-0.2, 0) is 13.0 Å². The molecule has 0 bridgehead atoms. The molecule has 0 saturated carbocycles. The van der Waals surface area contributed by atoms with Gasteiger partial charge in [-0.2, -0.15) is 0 Å². The second-order valence-electron chi connectivity index (χ2n) is 5.89. The summed E-state index contributed by atoms with van der Waals surface area (Å²) in [6.07, 6.45) is 12.0. The summed E-state index contributed by atoms with van der Waals surface area (Å²) in [5, 5.41) is 0. The predicted octanol–water partition coefficient (Wildman–Crippen LogP) is 3.28. The molecule has 128 valence electrons. The van der Waals surface area contributed by atoms with Crippen LogP contribution in [0.5, 0.6) is 6.01 Å². The van der Waals surface area contributed by atoms with E-state index < -0.39 is 0 Å². The van der Waals surface area contributed by atoms with Gasteiger partial charge in [-0.3, -0.25) is 9.88 Å². The van der Waals surface area contributed by atoms with E-state index in [9.17, 15) is 0 Å². The molecule has 5 heteroatoms. The first kappa shape index (κ1) is 18.1. The van der Waals surface area contributed by atoms with Gasteiger partial charge < -0.3 is 4.74 Å². The van der Waals surface area contributed by atoms with Gasteiger partial charge in [-0.1, -0.05) is 19.1 Å². The highest BCUT2D eigenvalue weighted by Crippen LogP contribution is 2.12. The van der Waals surface area contributed by atoms with Gasteiger partial charge in [0.05, 0.1) is 0 Å². The quantitative estimate of drug-likeness (QED) is 0.627. The molecule has 0 saturated heterocycles. The topological polar surface area (TPSA) is 51.1 Å². The van der Waals surface area contributed by atoms with Crippen molar-refractivity contribution < 1.29 is 4.74 Å². The first-order valence-electron chi connectivity index (χ1n) is 8.37. The standard InChI is InChI=1S/C19H26N4O/c1-4-6-9-18(24-19-21-12-16(5-2)13-22-19)15-23(3)14-17-8-7-10-20-11-17/h4,7-8,10-13,18H,1,5-6,9,14-15H2,2-3H3/t18-/m0/s1. The van der Waals surface area contributed by atoms with Crippen molar-refractivity contribution in [2.75, 3.05) is 13.6 Å². The summed E-state index contributed by atoms with van der Waals surface area (Å²) < 4.78 is 6.00. The van der Waals surface area contributed by atoms with E-state index in [-0.39, 0.29) is 6.10 Å². The zero-order chi connectivity index (χ0) is 17.2. The first-order chi connectivity index (χ1) is 11.7. The van der Waals surface area contributed by atoms with Gasteiger partial charge in [0.25, 0.3) is 0 Å². The maximum absolute atomic E-state index is 6.00. The lowest BCUT2D eigenvalue weighted by atomic mass is 10.1. The van der Waals surface area contributed by atoms with Crippen molar-refractivity contribution in [1.29, 1.82) is 0 Å². The van der Waals surface area contributed by atoms with Gasteiger partial charge in [-0.05, 0) is 43.5 Å². The SMILES string of the molecule is C=CCC[C@@H](CN(C)Cc1cccnc1)Oc1ncc(CC)cn1. The number of aromatic nitrogens is 3. The number of allylic oxidation sites excluding steroid dienone is 1. The highest BCUT2D eigenvalue weighted by Gasteiger charge is 2.15. The maximum atomic E-state index is 6.00. The summed E-state index contributed by atoms with van der Waals surface area (Å²) in [7, 11) is 2.08. The molecule has 0 unspecified atom stereocenters. The molecular weight excluding hydrogens is 300 g/mol. The van der Waals surface area contributed by atoms with Crippen molar-refractivity contribution in [3.05, 3.63) is 60.7 Å². The Hall–Kier alpha value is -2.27. The third-order valence-corrected chi connectivity index (χ3v) is 3.75. The fraction of sp³-hybridized carbons (Fsp3) is 0.421. The smallest absolute Gasteiger partial charge is 0.316 e. The lowest BCUT2D eigenvalue weighted by Crippen LogP contribution is -2.33. The van der Waals surface area contributed by atoms with Crippen molar-refractivity contribution in [3.8, 4) is 6.01 Å². The summed E-state index contributed by atoms with van der Waals surface area (Å²) in [5.41, 5.74) is 2.30. The monoisotopic (exact) mass is 326 g/mol. The summed E-state index contributed by atoms with van der Waals surface area (Å²) in [6.45, 7) is 7.51. The van der Waals surface area contributed by atoms with Crippen LogP contribution < -0.4 is 4.74 Å². The third-order valence-electron chi connectivity index (χ3n) is 3.75. The zero-order valence-electron chi connectivity index (χ0n) is 14.6. The molecule has 0 aliphatic rings. The molecule has 2 heterocycles. The number of rotatable bonds is 10. The second kappa shape index (κ2) is 9.78. The van der Waals surface area contributed by atoms with Crippen LogP contribution in [0.2, 0.25) is 0 Å². The van der Waals surface area contributed by atoms with Crippen molar-refractivity contribution >= 4 is 0 Å². The number of nitrogens with zero attached hydrogens (tertiary/aromatic N) is 4. The van der Waals surface area contributed by atoms with Crippen LogP contribution in [0.3, 0.4) is 0 Å². The van der Waals surface area contributed by atoms with Gasteiger partial charge in [0, 0.05) is 37.9 Å². The van der Waals surface area contributed by atoms with Gasteiger partial charge in [-0.15, -0.1) is 6.58 Å². The van der Waals surface area contributed by atoms with Crippen molar-refractivity contribution in [2.24, 2.45) is 0 Å². The van der Waals surface area contributed by atoms with E-state index in [4.69, 9.17) is 4.74 Å². The minimum atomic E-state index is 0.0251. The van der Waals surface area contributed by atoms with Crippen LogP contribution >= 0.6 is 0 Å². The molecule has 2 aromatic rings. The fourth-order valence-corrected chi connectivity index (χ4v) is 2.44. The minimum Gasteiger partial charge on any atom is -0.459 e. The number of ether oxygens (including phenoxy) is 1. The van der Waals surface area contributed by atoms with E-state index in [1.807, 2.05) is 30.7 Å². The van der Waals surface area contributed by atoms with Gasteiger partial charge in [0.2, 0.25) is 0 Å². The number of aryl methyl sites for hydroxylation is 1. The van der Waals surface area contributed by atoms with Crippen LogP contribution in [0, 0.1) is 0 Å². The Morgan fingerprint density at radius 1 is 1.25 bits per heavy atom. The molecule has 5 nitrogen and oxygen atoms in total. The highest BCUT2D eigenvalue weighted by atomic mass is 16.5. The molecule has 0 N–H and O–H groups in total. The summed E-state index contributed by atoms with van der Waals surface area (Å²) in [5.74, 6) is 0. The molecule has 0 aliphatic heterocycles. The molecule has 0 aliphatic carbocycles. The van der Waals surface area contributed by atoms with Crippen LogP contribution in [0.25, 0.3) is 0 Å². The molecule has 24 heavy (non-hydrogen) atoms. The van der Waals surface area contributed by atoms with E-state index in [0.29, 0.717) is 6.01 Å². The van der Waals surface area contributed by atoms with E-state index >= 15 is 0 Å². The Balaban J connectivity index is 1.94. The molecule has 2 rings (SSSR count). The number of hydrogen-bond acceptors (Lipinski definition) is 5. The average Bonchev–Trinajstić information content (AvgIpc) is 2.61. The molecular formula is C19H26N4O. The Morgan fingerprint density at radius 3 is 2.67 bits per heavy atom. The number of hydrogen-bond donors (Lipinski definition) is 0. The van der Waals surface area contributed by atoms with Gasteiger partial charge in [0.15, 0.2) is 0 Å². The predicted molar refractivity (Wildman–Crippen MR) is 95.8 cm³/mol. The normalized spacial score (nSPS) is 12.1. The number of pyridine rings is 1. The molecule has 1 atom stereocenters. The van der Waals surface area contributed by atoms with Crippen LogP contribution in [0.4, 0.5) is 0 Å². The first-order valence-corrected chi connectivity index (χ1v) is 8.37. The molecule has 0 amide bonds. The largest absolute Gasteiger partial charge is 0.459 e. The summed E-state index contributed by atoms with van der Waals surface area (Å²) in [4.78, 5) is 15.0. The fourth-order valence-electron chi connectivity index (χ4n) is 2.44. The Labute approximate surface area is 144 Å². The second-order valence-corrected chi connectivity index (χ2v) is 5.89. The molecule has 2 aromatic heterocycles. The molecule has 0 fully saturated rings. The Morgan fingerprint density at radius 2 is 2.04 bits per heavy atom. The van der Waals surface area contributed by atoms with E-state index in [1.54, 1.807) is 6.20 Å². The molecule has 0 spiro atoms. The highest BCUT2D eigenvalue weighted by molar-refractivity contribution is 5.08. The molecule has 0 aromatic carbocycles. The van der Waals surface area contributed by atoms with Gasteiger partial charge >= 0.3 is 6.01 Å². The number of likely N-dealkylation sites (N-methyl/N-ethyl adjacent to an activating group) is 1. The van der Waals surface area contributed by atoms with E-state index in [0.717, 1.165) is 37.9 Å². The average molecular weight is 326 g/mol. The maximum Gasteiger partial charge on any atom is 0.316 e. The summed E-state index contributed by atoms with van der Waals surface area (Å²) >= 11 is 0. The van der Waals surface area contributed by atoms with Crippen molar-refractivity contribution in [1.82, 2.24) is 19.9 Å². The van der Waals surface area contributed by atoms with Gasteiger partial charge in [-0.25, -0.2) is 9.97 Å². The molecule has 0 radical (unpaired) electrons. The van der Waals surface area contributed by atoms with Crippen LogP contribution in [-0.4, -0.2) is 39.5 Å². The van der Waals surface area contributed by atoms with E-state index in [1.165, 1.54) is 5.56 Å². The Kier molecular flexibility index (Phi) is 7.36. The van der Waals surface area contributed by atoms with E-state index in [2.05, 4.69) is 46.5 Å². The third kappa shape index (κ3) is 6.08. The van der Waals surface area contributed by atoms with Crippen molar-refractivity contribution in [2.45, 2.75) is 38.8 Å². The van der Waals surface area contributed by atoms with Crippen LogP contribution in [0.1, 0.15) is 30.9 Å². The van der Waals surface area contributed by atoms with Gasteiger partial charge in [0.1, 0.15) is 6.10 Å². The minimum absolute atomic E-state index is 0.0251. The lowest BCUT2D eigenvalue weighted by molar-refractivity contribution is 0.126. The van der Waals surface area contributed by atoms with Crippen molar-refractivity contribution in [3.63, 3.8) is 0 Å². The lowest BCUT2D eigenvalue weighted by Gasteiger charge is -2.24.